The topological polar surface area (TPSA) is 90.8 Å². The molecule has 0 aliphatic carbocycles. The van der Waals surface area contributed by atoms with E-state index in [0.717, 1.165) is 12.6 Å². The van der Waals surface area contributed by atoms with E-state index in [1.165, 1.54) is 44.7 Å². The Balaban J connectivity index is 0.000000706. The Morgan fingerprint density at radius 2 is 2.07 bits per heavy atom. The van der Waals surface area contributed by atoms with Crippen LogP contribution in [-0.2, 0) is 14.8 Å². The lowest BCUT2D eigenvalue weighted by atomic mass is 9.75. The van der Waals surface area contributed by atoms with Gasteiger partial charge in [0, 0.05) is 44.1 Å². The van der Waals surface area contributed by atoms with Gasteiger partial charge < -0.3 is 5.11 Å². The summed E-state index contributed by atoms with van der Waals surface area (Å²) in [6, 6.07) is 4.66. The number of rotatable bonds is 4. The lowest BCUT2D eigenvalue weighted by Crippen LogP contribution is -2.62. The van der Waals surface area contributed by atoms with Crippen LogP contribution in [0.3, 0.4) is 0 Å². The predicted molar refractivity (Wildman–Crippen MR) is 106 cm³/mol. The van der Waals surface area contributed by atoms with Gasteiger partial charge in [-0.2, -0.15) is 4.31 Å². The molecule has 8 heteroatoms. The molecular formula is C20H31N3O4S. The molecule has 3 saturated heterocycles. The number of hydrogen-bond donors (Lipinski definition) is 1. The summed E-state index contributed by atoms with van der Waals surface area (Å²) >= 11 is 0. The Hall–Kier alpha value is -1.51. The van der Waals surface area contributed by atoms with E-state index in [4.69, 9.17) is 9.90 Å². The second-order valence-corrected chi connectivity index (χ2v) is 10.1. The van der Waals surface area contributed by atoms with Crippen molar-refractivity contribution in [3.05, 3.63) is 24.5 Å². The summed E-state index contributed by atoms with van der Waals surface area (Å²) in [5, 5.41) is 6.89. The van der Waals surface area contributed by atoms with Gasteiger partial charge in [0.1, 0.15) is 4.90 Å². The first kappa shape index (κ1) is 21.2. The molecule has 7 nitrogen and oxygen atoms in total. The van der Waals surface area contributed by atoms with E-state index < -0.39 is 10.0 Å². The summed E-state index contributed by atoms with van der Waals surface area (Å²) in [5.74, 6) is 0.956. The fraction of sp³-hybridized carbons (Fsp3) is 0.700. The normalized spacial score (nSPS) is 30.6. The molecule has 0 aromatic carbocycles. The molecule has 4 rings (SSSR count). The lowest BCUT2D eigenvalue weighted by molar-refractivity contribution is -0.122. The van der Waals surface area contributed by atoms with Crippen molar-refractivity contribution in [1.82, 2.24) is 14.2 Å². The molecule has 1 aromatic heterocycles. The third kappa shape index (κ3) is 4.39. The first-order chi connectivity index (χ1) is 13.5. The monoisotopic (exact) mass is 409 g/mol. The van der Waals surface area contributed by atoms with Crippen LogP contribution in [0.4, 0.5) is 0 Å². The van der Waals surface area contributed by atoms with Crippen LogP contribution in [0.2, 0.25) is 0 Å². The van der Waals surface area contributed by atoms with Crippen LogP contribution in [0, 0.1) is 11.8 Å². The summed E-state index contributed by atoms with van der Waals surface area (Å²) in [6.45, 7) is 4.44. The van der Waals surface area contributed by atoms with Crippen molar-refractivity contribution in [3.63, 3.8) is 0 Å². The largest absolute Gasteiger partial charge is 0.483 e. The molecule has 1 N–H and O–H groups in total. The van der Waals surface area contributed by atoms with Crippen molar-refractivity contribution in [2.24, 2.45) is 11.8 Å². The summed E-state index contributed by atoms with van der Waals surface area (Å²) in [7, 11) is -3.41. The van der Waals surface area contributed by atoms with Crippen LogP contribution >= 0.6 is 0 Å². The van der Waals surface area contributed by atoms with Gasteiger partial charge >= 0.3 is 0 Å². The van der Waals surface area contributed by atoms with Crippen molar-refractivity contribution in [1.29, 1.82) is 0 Å². The number of carboxylic acid groups (broad SMARTS) is 1. The van der Waals surface area contributed by atoms with Crippen LogP contribution in [0.5, 0.6) is 0 Å². The average Bonchev–Trinajstić information content (AvgIpc) is 2.70. The SMILES string of the molecule is CCC[C@H]1CCC[C@H]2[C@@H]3C[C@H](CN12)CN(S(=O)(=O)c1cccnc1)C3.O=CO. The molecular weight excluding hydrogens is 378 g/mol. The van der Waals surface area contributed by atoms with Gasteiger partial charge in [-0.1, -0.05) is 19.8 Å². The fourth-order valence-corrected chi connectivity index (χ4v) is 6.89. The lowest BCUT2D eigenvalue weighted by Gasteiger charge is -2.55. The van der Waals surface area contributed by atoms with Crippen molar-refractivity contribution in [2.75, 3.05) is 19.6 Å². The van der Waals surface area contributed by atoms with E-state index in [2.05, 4.69) is 16.8 Å². The number of nitrogens with zero attached hydrogens (tertiary/aromatic N) is 3. The second-order valence-electron chi connectivity index (χ2n) is 8.12. The highest BCUT2D eigenvalue weighted by Gasteiger charge is 2.46. The number of piperidine rings is 3. The second kappa shape index (κ2) is 9.33. The Labute approximate surface area is 167 Å². The van der Waals surface area contributed by atoms with Crippen molar-refractivity contribution in [3.8, 4) is 0 Å². The molecule has 0 unspecified atom stereocenters. The first-order valence-corrected chi connectivity index (χ1v) is 11.7. The summed E-state index contributed by atoms with van der Waals surface area (Å²) in [6.07, 6.45) is 10.7. The zero-order valence-corrected chi connectivity index (χ0v) is 17.3. The molecule has 3 aliphatic heterocycles. The van der Waals surface area contributed by atoms with Gasteiger partial charge in [0.05, 0.1) is 0 Å². The van der Waals surface area contributed by atoms with E-state index in [1.807, 2.05) is 0 Å². The van der Waals surface area contributed by atoms with Gasteiger partial charge in [-0.3, -0.25) is 14.7 Å². The maximum absolute atomic E-state index is 13.0. The number of aromatic nitrogens is 1. The van der Waals surface area contributed by atoms with Crippen molar-refractivity contribution < 1.29 is 18.3 Å². The predicted octanol–water partition coefficient (Wildman–Crippen LogP) is 2.45. The fourth-order valence-electron chi connectivity index (χ4n) is 5.35. The first-order valence-electron chi connectivity index (χ1n) is 10.2. The third-order valence-electron chi connectivity index (χ3n) is 6.38. The highest BCUT2D eigenvalue weighted by molar-refractivity contribution is 7.89. The molecule has 0 amide bonds. The maximum atomic E-state index is 13.0. The van der Waals surface area contributed by atoms with E-state index in [0.29, 0.717) is 35.9 Å². The zero-order valence-electron chi connectivity index (χ0n) is 16.5. The minimum atomic E-state index is -3.41. The van der Waals surface area contributed by atoms with E-state index >= 15 is 0 Å². The van der Waals surface area contributed by atoms with Gasteiger partial charge in [0.15, 0.2) is 0 Å². The van der Waals surface area contributed by atoms with Crippen molar-refractivity contribution >= 4 is 16.5 Å². The Morgan fingerprint density at radius 1 is 1.29 bits per heavy atom. The van der Waals surface area contributed by atoms with E-state index in [1.54, 1.807) is 22.6 Å². The van der Waals surface area contributed by atoms with Crippen LogP contribution < -0.4 is 0 Å². The van der Waals surface area contributed by atoms with E-state index in [9.17, 15) is 8.42 Å². The standard InChI is InChI=1S/C19H29N3O2S.CH2O2/c1-2-5-17-6-3-8-19-16-10-15(13-22(17)19)12-21(14-16)25(23,24)18-7-4-9-20-11-18;2-1-3/h4,7,9,11,15-17,19H,2-3,5-6,8,10,12-14H2,1H3;1H,(H,2,3)/t15-,16+,17-,19-;/m0./s1. The minimum absolute atomic E-state index is 0.250. The Kier molecular flexibility index (Phi) is 7.06. The summed E-state index contributed by atoms with van der Waals surface area (Å²) in [4.78, 5) is 15.4. The molecule has 1 aromatic rings. The van der Waals surface area contributed by atoms with Gasteiger partial charge in [-0.25, -0.2) is 8.42 Å². The number of hydrogen-bond acceptors (Lipinski definition) is 5. The highest BCUT2D eigenvalue weighted by atomic mass is 32.2. The maximum Gasteiger partial charge on any atom is 0.290 e. The number of pyridine rings is 1. The Morgan fingerprint density at radius 3 is 2.75 bits per heavy atom. The molecule has 4 atom stereocenters. The van der Waals surface area contributed by atoms with Gasteiger partial charge in [-0.05, 0) is 49.7 Å². The minimum Gasteiger partial charge on any atom is -0.483 e. The molecule has 0 saturated carbocycles. The number of carbonyl (C=O) groups is 1. The van der Waals surface area contributed by atoms with Crippen LogP contribution in [0.15, 0.2) is 29.4 Å². The number of fused-ring (bicyclic) bond motifs is 4. The molecule has 28 heavy (non-hydrogen) atoms. The molecule has 2 bridgehead atoms. The quantitative estimate of drug-likeness (QED) is 0.768. The highest BCUT2D eigenvalue weighted by Crippen LogP contribution is 2.41. The smallest absolute Gasteiger partial charge is 0.290 e. The molecule has 3 aliphatic rings. The van der Waals surface area contributed by atoms with Crippen molar-refractivity contribution in [2.45, 2.75) is 62.4 Å². The van der Waals surface area contributed by atoms with Gasteiger partial charge in [0.2, 0.25) is 10.0 Å². The molecule has 0 radical (unpaired) electrons. The Bertz CT molecular complexity index is 741. The van der Waals surface area contributed by atoms with Gasteiger partial charge in [0.25, 0.3) is 6.47 Å². The summed E-state index contributed by atoms with van der Waals surface area (Å²) < 4.78 is 27.8. The summed E-state index contributed by atoms with van der Waals surface area (Å²) in [5.41, 5.74) is 0. The molecule has 3 fully saturated rings. The van der Waals surface area contributed by atoms with Gasteiger partial charge in [-0.15, -0.1) is 0 Å². The van der Waals surface area contributed by atoms with Crippen LogP contribution in [-0.4, -0.2) is 65.9 Å². The van der Waals surface area contributed by atoms with Crippen LogP contribution in [0.1, 0.15) is 45.4 Å². The molecule has 0 spiro atoms. The van der Waals surface area contributed by atoms with Crippen LogP contribution in [0.25, 0.3) is 0 Å². The molecule has 4 heterocycles. The molecule has 156 valence electrons. The zero-order chi connectivity index (χ0) is 20.1. The number of sulfonamides is 1. The third-order valence-corrected chi connectivity index (χ3v) is 8.19. The van der Waals surface area contributed by atoms with E-state index in [-0.39, 0.29) is 6.47 Å². The average molecular weight is 410 g/mol.